The molecule has 4 rings (SSSR count). The summed E-state index contributed by atoms with van der Waals surface area (Å²) in [5, 5.41) is 9.60. The Bertz CT molecular complexity index is 1020. The molecule has 7 nitrogen and oxygen atoms in total. The average molecular weight is 357 g/mol. The number of carbonyl (C=O) groups is 1. The predicted molar refractivity (Wildman–Crippen MR) is 96.9 cm³/mol. The van der Waals surface area contributed by atoms with Crippen LogP contribution in [0.1, 0.15) is 19.8 Å². The maximum atomic E-state index is 12.5. The molecule has 1 saturated carbocycles. The van der Waals surface area contributed by atoms with Crippen LogP contribution >= 0.6 is 11.8 Å². The number of hydrogen-bond acceptors (Lipinski definition) is 5. The summed E-state index contributed by atoms with van der Waals surface area (Å²) in [6.45, 7) is 2.75. The van der Waals surface area contributed by atoms with Gasteiger partial charge in [0.25, 0.3) is 5.56 Å². The van der Waals surface area contributed by atoms with Crippen LogP contribution in [0.15, 0.2) is 34.2 Å². The van der Waals surface area contributed by atoms with Crippen LogP contribution in [0.3, 0.4) is 0 Å². The number of para-hydroxylation sites is 1. The molecule has 0 unspecified atom stereocenters. The van der Waals surface area contributed by atoms with Gasteiger partial charge < -0.3 is 4.90 Å². The smallest absolute Gasteiger partial charge is 0.262 e. The van der Waals surface area contributed by atoms with E-state index in [2.05, 4.69) is 10.2 Å². The van der Waals surface area contributed by atoms with Gasteiger partial charge in [0.1, 0.15) is 0 Å². The Balaban J connectivity index is 1.71. The molecule has 0 N–H and O–H groups in total. The number of hydrogen-bond donors (Lipinski definition) is 0. The highest BCUT2D eigenvalue weighted by atomic mass is 32.2. The lowest BCUT2D eigenvalue weighted by atomic mass is 10.2. The first-order valence-corrected chi connectivity index (χ1v) is 9.35. The predicted octanol–water partition coefficient (Wildman–Crippen LogP) is 1.68. The van der Waals surface area contributed by atoms with Gasteiger partial charge in [-0.2, -0.15) is 0 Å². The molecule has 2 heterocycles. The molecule has 1 aromatic carbocycles. The van der Waals surface area contributed by atoms with Gasteiger partial charge in [-0.1, -0.05) is 23.9 Å². The summed E-state index contributed by atoms with van der Waals surface area (Å²) in [7, 11) is 1.68. The van der Waals surface area contributed by atoms with Crippen molar-refractivity contribution in [3.05, 3.63) is 34.6 Å². The Labute approximate surface area is 148 Å². The quantitative estimate of drug-likeness (QED) is 0.650. The SMILES string of the molecule is CCN(C(=O)CSc1nnc2n(C)c(=O)c3ccccc3n12)C1CC1. The van der Waals surface area contributed by atoms with Crippen LogP contribution in [-0.4, -0.2) is 48.3 Å². The molecule has 1 aliphatic carbocycles. The molecular formula is C17H19N5O2S. The van der Waals surface area contributed by atoms with E-state index in [4.69, 9.17) is 0 Å². The lowest BCUT2D eigenvalue weighted by Crippen LogP contribution is -2.34. The van der Waals surface area contributed by atoms with Crippen LogP contribution in [0.25, 0.3) is 16.7 Å². The molecule has 3 aromatic rings. The number of rotatable bonds is 5. The van der Waals surface area contributed by atoms with Gasteiger partial charge in [-0.3, -0.25) is 18.6 Å². The van der Waals surface area contributed by atoms with E-state index in [9.17, 15) is 9.59 Å². The number of aryl methyl sites for hydroxylation is 1. The van der Waals surface area contributed by atoms with E-state index in [0.29, 0.717) is 28.1 Å². The fourth-order valence-electron chi connectivity index (χ4n) is 3.14. The van der Waals surface area contributed by atoms with Crippen molar-refractivity contribution in [2.24, 2.45) is 7.05 Å². The molecule has 0 aliphatic heterocycles. The lowest BCUT2D eigenvalue weighted by molar-refractivity contribution is -0.128. The first kappa shape index (κ1) is 16.1. The molecule has 0 saturated heterocycles. The standard InChI is InChI=1S/C17H19N5O2S/c1-3-21(11-8-9-11)14(23)10-25-17-19-18-16-20(2)15(24)12-6-4-5-7-13(12)22(16)17/h4-7,11H,3,8-10H2,1-2H3. The maximum absolute atomic E-state index is 12.5. The molecule has 0 spiro atoms. The number of nitrogens with zero attached hydrogens (tertiary/aromatic N) is 5. The molecule has 1 amide bonds. The van der Waals surface area contributed by atoms with E-state index in [0.717, 1.165) is 24.9 Å². The zero-order chi connectivity index (χ0) is 17.6. The number of benzene rings is 1. The maximum Gasteiger partial charge on any atom is 0.262 e. The van der Waals surface area contributed by atoms with Crippen molar-refractivity contribution in [1.29, 1.82) is 0 Å². The zero-order valence-corrected chi connectivity index (χ0v) is 15.0. The van der Waals surface area contributed by atoms with Crippen LogP contribution in [0.4, 0.5) is 0 Å². The summed E-state index contributed by atoms with van der Waals surface area (Å²) in [6, 6.07) is 7.80. The van der Waals surface area contributed by atoms with Crippen molar-refractivity contribution in [3.8, 4) is 0 Å². The second kappa shape index (κ2) is 6.18. The Morgan fingerprint density at radius 3 is 2.80 bits per heavy atom. The van der Waals surface area contributed by atoms with Crippen molar-refractivity contribution in [3.63, 3.8) is 0 Å². The second-order valence-electron chi connectivity index (χ2n) is 6.20. The van der Waals surface area contributed by atoms with Gasteiger partial charge in [0.2, 0.25) is 11.7 Å². The van der Waals surface area contributed by atoms with Gasteiger partial charge in [-0.05, 0) is 31.9 Å². The minimum Gasteiger partial charge on any atom is -0.339 e. The van der Waals surface area contributed by atoms with Gasteiger partial charge in [-0.25, -0.2) is 0 Å². The number of aromatic nitrogens is 4. The van der Waals surface area contributed by atoms with Crippen molar-refractivity contribution < 1.29 is 4.79 Å². The number of amides is 1. The minimum absolute atomic E-state index is 0.103. The fourth-order valence-corrected chi connectivity index (χ4v) is 3.96. The summed E-state index contributed by atoms with van der Waals surface area (Å²) in [5.74, 6) is 0.927. The van der Waals surface area contributed by atoms with Crippen LogP contribution in [0.2, 0.25) is 0 Å². The average Bonchev–Trinajstić information content (AvgIpc) is 3.36. The van der Waals surface area contributed by atoms with E-state index < -0.39 is 0 Å². The van der Waals surface area contributed by atoms with Gasteiger partial charge in [-0.15, -0.1) is 10.2 Å². The van der Waals surface area contributed by atoms with Crippen molar-refractivity contribution in [2.45, 2.75) is 31.0 Å². The lowest BCUT2D eigenvalue weighted by Gasteiger charge is -2.19. The van der Waals surface area contributed by atoms with Crippen molar-refractivity contribution >= 4 is 34.3 Å². The molecule has 8 heteroatoms. The highest BCUT2D eigenvalue weighted by molar-refractivity contribution is 7.99. The van der Waals surface area contributed by atoms with E-state index in [-0.39, 0.29) is 11.5 Å². The monoisotopic (exact) mass is 357 g/mol. The third-order valence-electron chi connectivity index (χ3n) is 4.57. The second-order valence-corrected chi connectivity index (χ2v) is 7.14. The number of thioether (sulfide) groups is 1. The number of fused-ring (bicyclic) bond motifs is 3. The first-order chi connectivity index (χ1) is 12.1. The highest BCUT2D eigenvalue weighted by Crippen LogP contribution is 2.28. The summed E-state index contributed by atoms with van der Waals surface area (Å²) in [4.78, 5) is 26.8. The van der Waals surface area contributed by atoms with Crippen LogP contribution in [0.5, 0.6) is 0 Å². The van der Waals surface area contributed by atoms with E-state index in [1.165, 1.54) is 16.3 Å². The molecule has 0 bridgehead atoms. The molecular weight excluding hydrogens is 338 g/mol. The van der Waals surface area contributed by atoms with Crippen LogP contribution < -0.4 is 5.56 Å². The van der Waals surface area contributed by atoms with Crippen molar-refractivity contribution in [2.75, 3.05) is 12.3 Å². The molecule has 0 radical (unpaired) electrons. The van der Waals surface area contributed by atoms with E-state index >= 15 is 0 Å². The fraction of sp³-hybridized carbons (Fsp3) is 0.412. The van der Waals surface area contributed by atoms with Crippen molar-refractivity contribution in [1.82, 2.24) is 24.1 Å². The zero-order valence-electron chi connectivity index (χ0n) is 14.2. The van der Waals surface area contributed by atoms with Crippen LogP contribution in [-0.2, 0) is 11.8 Å². The van der Waals surface area contributed by atoms with E-state index in [1.54, 1.807) is 13.1 Å². The largest absolute Gasteiger partial charge is 0.339 e. The molecule has 1 aliphatic rings. The molecule has 0 atom stereocenters. The minimum atomic E-state index is -0.103. The van der Waals surface area contributed by atoms with Gasteiger partial charge in [0, 0.05) is 19.6 Å². The van der Waals surface area contributed by atoms with Gasteiger partial charge in [0.15, 0.2) is 5.16 Å². The Hall–Kier alpha value is -2.35. The van der Waals surface area contributed by atoms with E-state index in [1.807, 2.05) is 34.4 Å². The van der Waals surface area contributed by atoms with Gasteiger partial charge >= 0.3 is 0 Å². The third kappa shape index (κ3) is 2.70. The summed E-state index contributed by atoms with van der Waals surface area (Å²) in [5.41, 5.74) is 0.657. The molecule has 2 aromatic heterocycles. The molecule has 1 fully saturated rings. The van der Waals surface area contributed by atoms with Gasteiger partial charge in [0.05, 0.1) is 16.7 Å². The summed E-state index contributed by atoms with van der Waals surface area (Å²) in [6.07, 6.45) is 2.20. The highest BCUT2D eigenvalue weighted by Gasteiger charge is 2.31. The topological polar surface area (TPSA) is 72.5 Å². The molecule has 25 heavy (non-hydrogen) atoms. The Kier molecular flexibility index (Phi) is 3.99. The third-order valence-corrected chi connectivity index (χ3v) is 5.48. The van der Waals surface area contributed by atoms with Crippen LogP contribution in [0, 0.1) is 0 Å². The Morgan fingerprint density at radius 1 is 1.32 bits per heavy atom. The normalized spacial score (nSPS) is 14.3. The Morgan fingerprint density at radius 2 is 2.08 bits per heavy atom. The number of carbonyl (C=O) groups excluding carboxylic acids is 1. The summed E-state index contributed by atoms with van der Waals surface area (Å²) < 4.78 is 3.34. The summed E-state index contributed by atoms with van der Waals surface area (Å²) >= 11 is 1.37. The molecule has 130 valence electrons. The first-order valence-electron chi connectivity index (χ1n) is 8.37.